The van der Waals surface area contributed by atoms with Crippen molar-refractivity contribution in [3.8, 4) is 0 Å². The molecule has 2 fully saturated rings. The summed E-state index contributed by atoms with van der Waals surface area (Å²) < 4.78 is 18.2. The monoisotopic (exact) mass is 259 g/mol. The molecule has 1 N–H and O–H groups in total. The predicted molar refractivity (Wildman–Crippen MR) is 71.7 cm³/mol. The highest BCUT2D eigenvalue weighted by molar-refractivity contribution is 7.86. The molecule has 17 heavy (non-hydrogen) atoms. The molecule has 0 aromatic heterocycles. The van der Waals surface area contributed by atoms with Crippen LogP contribution in [0.5, 0.6) is 0 Å². The van der Waals surface area contributed by atoms with Crippen LogP contribution >= 0.6 is 0 Å². The average Bonchev–Trinajstić information content (AvgIpc) is 2.76. The standard InChI is InChI=1S/C13H25NO2S/c1-3-14-11-6-4-5-7-13(11)17(15)12-8-9-16-10(12)2/h10-14H,3-9H2,1-2H3. The summed E-state index contributed by atoms with van der Waals surface area (Å²) in [5, 5.41) is 4.13. The molecule has 0 aromatic rings. The molecule has 0 bridgehead atoms. The number of nitrogens with one attached hydrogen (secondary N) is 1. The van der Waals surface area contributed by atoms with Gasteiger partial charge in [-0.25, -0.2) is 0 Å². The molecule has 1 aliphatic carbocycles. The molecule has 0 spiro atoms. The van der Waals surface area contributed by atoms with Crippen LogP contribution in [0.3, 0.4) is 0 Å². The van der Waals surface area contributed by atoms with Crippen LogP contribution in [-0.4, -0.2) is 40.0 Å². The highest BCUT2D eigenvalue weighted by Crippen LogP contribution is 2.29. The van der Waals surface area contributed by atoms with Gasteiger partial charge in [-0.2, -0.15) is 0 Å². The summed E-state index contributed by atoms with van der Waals surface area (Å²) in [6.45, 7) is 5.97. The lowest BCUT2D eigenvalue weighted by Gasteiger charge is -2.33. The van der Waals surface area contributed by atoms with E-state index in [9.17, 15) is 4.21 Å². The van der Waals surface area contributed by atoms with Crippen LogP contribution in [0.15, 0.2) is 0 Å². The summed E-state index contributed by atoms with van der Waals surface area (Å²) in [5.41, 5.74) is 0. The molecule has 3 nitrogen and oxygen atoms in total. The van der Waals surface area contributed by atoms with Crippen LogP contribution < -0.4 is 5.32 Å². The van der Waals surface area contributed by atoms with E-state index in [4.69, 9.17) is 4.74 Å². The zero-order valence-corrected chi connectivity index (χ0v) is 11.8. The van der Waals surface area contributed by atoms with E-state index in [1.807, 2.05) is 0 Å². The van der Waals surface area contributed by atoms with Crippen molar-refractivity contribution >= 4 is 10.8 Å². The highest BCUT2D eigenvalue weighted by Gasteiger charge is 2.37. The quantitative estimate of drug-likeness (QED) is 0.837. The molecule has 0 amide bonds. The third-order valence-electron chi connectivity index (χ3n) is 4.07. The summed E-state index contributed by atoms with van der Waals surface area (Å²) in [6.07, 6.45) is 5.98. The minimum absolute atomic E-state index is 0.181. The molecule has 0 aromatic carbocycles. The van der Waals surface area contributed by atoms with Gasteiger partial charge in [0, 0.05) is 23.4 Å². The fourth-order valence-electron chi connectivity index (χ4n) is 3.11. The molecular weight excluding hydrogens is 234 g/mol. The molecule has 2 aliphatic rings. The fourth-order valence-corrected chi connectivity index (χ4v) is 5.30. The van der Waals surface area contributed by atoms with Gasteiger partial charge in [-0.05, 0) is 32.7 Å². The Bertz CT molecular complexity index is 270. The van der Waals surface area contributed by atoms with E-state index in [1.165, 1.54) is 19.3 Å². The summed E-state index contributed by atoms with van der Waals surface area (Å²) in [5.74, 6) is 0. The molecule has 0 radical (unpaired) electrons. The van der Waals surface area contributed by atoms with E-state index in [2.05, 4.69) is 19.2 Å². The van der Waals surface area contributed by atoms with Crippen LogP contribution in [0.4, 0.5) is 0 Å². The molecule has 5 atom stereocenters. The third-order valence-corrected chi connectivity index (χ3v) is 6.45. The largest absolute Gasteiger partial charge is 0.377 e. The lowest BCUT2D eigenvalue weighted by atomic mass is 9.95. The first kappa shape index (κ1) is 13.5. The zero-order valence-electron chi connectivity index (χ0n) is 11.0. The molecule has 1 heterocycles. The van der Waals surface area contributed by atoms with Crippen molar-refractivity contribution in [2.45, 2.75) is 68.6 Å². The van der Waals surface area contributed by atoms with Crippen molar-refractivity contribution in [1.29, 1.82) is 0 Å². The Morgan fingerprint density at radius 2 is 2.00 bits per heavy atom. The second-order valence-corrected chi connectivity index (χ2v) is 7.09. The SMILES string of the molecule is CCNC1CCCCC1S(=O)C1CCOC1C. The molecule has 1 saturated heterocycles. The van der Waals surface area contributed by atoms with Crippen molar-refractivity contribution in [2.24, 2.45) is 0 Å². The predicted octanol–water partition coefficient (Wildman–Crippen LogP) is 1.83. The van der Waals surface area contributed by atoms with Crippen molar-refractivity contribution in [2.75, 3.05) is 13.2 Å². The van der Waals surface area contributed by atoms with E-state index in [1.54, 1.807) is 0 Å². The lowest BCUT2D eigenvalue weighted by Crippen LogP contribution is -2.47. The molecule has 100 valence electrons. The van der Waals surface area contributed by atoms with Gasteiger partial charge in [-0.3, -0.25) is 4.21 Å². The maximum absolute atomic E-state index is 12.7. The van der Waals surface area contributed by atoms with Crippen molar-refractivity contribution in [3.05, 3.63) is 0 Å². The first-order chi connectivity index (χ1) is 8.24. The summed E-state index contributed by atoms with van der Waals surface area (Å²) in [4.78, 5) is 0. The third kappa shape index (κ3) is 3.09. The summed E-state index contributed by atoms with van der Waals surface area (Å²) in [6, 6.07) is 0.461. The minimum atomic E-state index is -0.731. The Labute approximate surface area is 107 Å². The van der Waals surface area contributed by atoms with Gasteiger partial charge in [-0.15, -0.1) is 0 Å². The van der Waals surface area contributed by atoms with E-state index < -0.39 is 10.8 Å². The Balaban J connectivity index is 2.00. The normalized spacial score (nSPS) is 40.4. The number of rotatable bonds is 4. The van der Waals surface area contributed by atoms with Crippen LogP contribution in [0.25, 0.3) is 0 Å². The zero-order chi connectivity index (χ0) is 12.3. The molecule has 2 rings (SSSR count). The molecule has 4 heteroatoms. The Hall–Kier alpha value is 0.0700. The van der Waals surface area contributed by atoms with Gasteiger partial charge >= 0.3 is 0 Å². The number of ether oxygens (including phenoxy) is 1. The highest BCUT2D eigenvalue weighted by atomic mass is 32.2. The van der Waals surface area contributed by atoms with Crippen LogP contribution in [0.1, 0.15) is 46.0 Å². The van der Waals surface area contributed by atoms with E-state index in [0.29, 0.717) is 11.3 Å². The van der Waals surface area contributed by atoms with Crippen LogP contribution in [-0.2, 0) is 15.5 Å². The van der Waals surface area contributed by atoms with Crippen molar-refractivity contribution < 1.29 is 8.95 Å². The van der Waals surface area contributed by atoms with Crippen molar-refractivity contribution in [1.82, 2.24) is 5.32 Å². The van der Waals surface area contributed by atoms with E-state index in [0.717, 1.165) is 26.0 Å². The van der Waals surface area contributed by atoms with Gasteiger partial charge in [0.25, 0.3) is 0 Å². The lowest BCUT2D eigenvalue weighted by molar-refractivity contribution is 0.126. The smallest absolute Gasteiger partial charge is 0.0691 e. The van der Waals surface area contributed by atoms with Crippen LogP contribution in [0.2, 0.25) is 0 Å². The molecular formula is C13H25NO2S. The molecule has 1 aliphatic heterocycles. The Kier molecular flexibility index (Phi) is 5.00. The first-order valence-corrected chi connectivity index (χ1v) is 8.26. The van der Waals surface area contributed by atoms with Crippen molar-refractivity contribution in [3.63, 3.8) is 0 Å². The van der Waals surface area contributed by atoms with Gasteiger partial charge in [-0.1, -0.05) is 19.8 Å². The van der Waals surface area contributed by atoms with Gasteiger partial charge in [0.2, 0.25) is 0 Å². The van der Waals surface area contributed by atoms with Gasteiger partial charge in [0.1, 0.15) is 0 Å². The molecule has 1 saturated carbocycles. The molecule has 5 unspecified atom stereocenters. The maximum atomic E-state index is 12.7. The van der Waals surface area contributed by atoms with Gasteiger partial charge in [0.05, 0.1) is 16.6 Å². The maximum Gasteiger partial charge on any atom is 0.0691 e. The second-order valence-electron chi connectivity index (χ2n) is 5.22. The van der Waals surface area contributed by atoms with Gasteiger partial charge in [0.15, 0.2) is 0 Å². The summed E-state index contributed by atoms with van der Waals surface area (Å²) >= 11 is 0. The number of hydrogen-bond acceptors (Lipinski definition) is 3. The number of hydrogen-bond donors (Lipinski definition) is 1. The topological polar surface area (TPSA) is 38.3 Å². The van der Waals surface area contributed by atoms with E-state index >= 15 is 0 Å². The fraction of sp³-hybridized carbons (Fsp3) is 1.00. The van der Waals surface area contributed by atoms with E-state index in [-0.39, 0.29) is 11.4 Å². The van der Waals surface area contributed by atoms with Gasteiger partial charge < -0.3 is 10.1 Å². The van der Waals surface area contributed by atoms with Crippen LogP contribution in [0, 0.1) is 0 Å². The second kappa shape index (κ2) is 6.30. The summed E-state index contributed by atoms with van der Waals surface area (Å²) in [7, 11) is -0.731. The minimum Gasteiger partial charge on any atom is -0.377 e. The Morgan fingerprint density at radius 1 is 1.24 bits per heavy atom. The average molecular weight is 259 g/mol. The Morgan fingerprint density at radius 3 is 2.65 bits per heavy atom. The first-order valence-electron chi connectivity index (χ1n) is 6.98.